The molecule has 0 aliphatic carbocycles. The molecule has 1 aromatic rings. The molecule has 1 aromatic carbocycles. The molecule has 4 aliphatic rings. The van der Waals surface area contributed by atoms with Crippen LogP contribution >= 0.6 is 0 Å². The fraction of sp³-hybridized carbons (Fsp3) is 0.500. The lowest BCUT2D eigenvalue weighted by molar-refractivity contribution is -0.143. The van der Waals surface area contributed by atoms with Gasteiger partial charge in [0.05, 0.1) is 25.6 Å². The Hall–Kier alpha value is -3.14. The third-order valence-corrected chi connectivity index (χ3v) is 6.09. The van der Waals surface area contributed by atoms with Crippen LogP contribution in [0.25, 0.3) is 0 Å². The standard InChI is InChI=1S/C19H21N3O5.CH2O2/c23-16-10-15-19(22(16)11-14(27-19)13-4-2-1-3-5-13)6-7-21(15)17(24)12-20-8-9-26-18(20)25;2-1-3/h1-5,14-15H,6-12H2;1H,(H,2,3)/t14-,15+,19-;/m0./s1. The summed E-state index contributed by atoms with van der Waals surface area (Å²) >= 11 is 0. The van der Waals surface area contributed by atoms with Crippen LogP contribution in [-0.2, 0) is 23.9 Å². The number of cyclic esters (lactones) is 1. The minimum atomic E-state index is -0.737. The third kappa shape index (κ3) is 3.26. The molecular formula is C20H23N3O7. The molecule has 0 saturated carbocycles. The molecule has 0 bridgehead atoms. The summed E-state index contributed by atoms with van der Waals surface area (Å²) in [5, 5.41) is 6.89. The molecule has 0 radical (unpaired) electrons. The maximum Gasteiger partial charge on any atom is 0.410 e. The van der Waals surface area contributed by atoms with Gasteiger partial charge >= 0.3 is 6.09 Å². The van der Waals surface area contributed by atoms with Gasteiger partial charge in [0, 0.05) is 13.0 Å². The van der Waals surface area contributed by atoms with Crippen LogP contribution in [0.3, 0.4) is 0 Å². The van der Waals surface area contributed by atoms with Gasteiger partial charge < -0.3 is 24.4 Å². The van der Waals surface area contributed by atoms with Gasteiger partial charge in [0.1, 0.15) is 19.3 Å². The summed E-state index contributed by atoms with van der Waals surface area (Å²) < 4.78 is 11.3. The number of hydrogen-bond donors (Lipinski definition) is 1. The van der Waals surface area contributed by atoms with Crippen LogP contribution in [0.4, 0.5) is 4.79 Å². The number of rotatable bonds is 3. The lowest BCUT2D eigenvalue weighted by Gasteiger charge is -2.32. The number of likely N-dealkylation sites (tertiary alicyclic amines) is 1. The van der Waals surface area contributed by atoms with E-state index in [2.05, 4.69) is 0 Å². The summed E-state index contributed by atoms with van der Waals surface area (Å²) in [5.74, 6) is -0.131. The van der Waals surface area contributed by atoms with Crippen LogP contribution < -0.4 is 0 Å². The minimum absolute atomic E-state index is 0.0122. The van der Waals surface area contributed by atoms with Gasteiger partial charge in [-0.1, -0.05) is 30.3 Å². The predicted octanol–water partition coefficient (Wildman–Crippen LogP) is 0.440. The summed E-state index contributed by atoms with van der Waals surface area (Å²) in [4.78, 5) is 50.4. The van der Waals surface area contributed by atoms with Gasteiger partial charge in [-0.15, -0.1) is 0 Å². The number of carbonyl (C=O) groups excluding carboxylic acids is 3. The van der Waals surface area contributed by atoms with Crippen molar-refractivity contribution in [2.45, 2.75) is 30.7 Å². The molecule has 1 N–H and O–H groups in total. The molecule has 3 atom stereocenters. The van der Waals surface area contributed by atoms with E-state index >= 15 is 0 Å². The van der Waals surface area contributed by atoms with Crippen molar-refractivity contribution >= 4 is 24.4 Å². The smallest absolute Gasteiger partial charge is 0.410 e. The highest BCUT2D eigenvalue weighted by molar-refractivity contribution is 5.87. The monoisotopic (exact) mass is 417 g/mol. The number of hydrogen-bond acceptors (Lipinski definition) is 6. The third-order valence-electron chi connectivity index (χ3n) is 6.09. The van der Waals surface area contributed by atoms with E-state index in [1.54, 1.807) is 4.90 Å². The van der Waals surface area contributed by atoms with Crippen LogP contribution in [0, 0.1) is 0 Å². The van der Waals surface area contributed by atoms with E-state index in [1.807, 2.05) is 35.2 Å². The number of nitrogens with zero attached hydrogens (tertiary/aromatic N) is 3. The lowest BCUT2D eigenvalue weighted by atomic mass is 10.1. The topological polar surface area (TPSA) is 117 Å². The molecule has 4 fully saturated rings. The molecular weight excluding hydrogens is 394 g/mol. The second-order valence-electron chi connectivity index (χ2n) is 7.56. The Labute approximate surface area is 172 Å². The Kier molecular flexibility index (Phi) is 5.33. The molecule has 160 valence electrons. The number of carbonyl (C=O) groups is 4. The highest BCUT2D eigenvalue weighted by Crippen LogP contribution is 2.50. The van der Waals surface area contributed by atoms with E-state index in [1.165, 1.54) is 4.90 Å². The first-order chi connectivity index (χ1) is 14.5. The number of carboxylic acid groups (broad SMARTS) is 1. The average molecular weight is 417 g/mol. The Morgan fingerprint density at radius 1 is 1.23 bits per heavy atom. The van der Waals surface area contributed by atoms with E-state index in [4.69, 9.17) is 19.4 Å². The Morgan fingerprint density at radius 3 is 2.63 bits per heavy atom. The Bertz CT molecular complexity index is 848. The molecule has 0 unspecified atom stereocenters. The van der Waals surface area contributed by atoms with Crippen molar-refractivity contribution in [1.29, 1.82) is 0 Å². The van der Waals surface area contributed by atoms with Crippen molar-refractivity contribution in [1.82, 2.24) is 14.7 Å². The molecule has 4 aliphatic heterocycles. The fourth-order valence-corrected chi connectivity index (χ4v) is 4.79. The summed E-state index contributed by atoms with van der Waals surface area (Å²) in [7, 11) is 0. The zero-order valence-corrected chi connectivity index (χ0v) is 16.3. The van der Waals surface area contributed by atoms with Crippen molar-refractivity contribution in [3.05, 3.63) is 35.9 Å². The molecule has 30 heavy (non-hydrogen) atoms. The zero-order chi connectivity index (χ0) is 21.3. The van der Waals surface area contributed by atoms with Gasteiger partial charge in [-0.2, -0.15) is 0 Å². The largest absolute Gasteiger partial charge is 0.483 e. The summed E-state index contributed by atoms with van der Waals surface area (Å²) in [6.45, 7) is 1.51. The summed E-state index contributed by atoms with van der Waals surface area (Å²) in [6, 6.07) is 9.56. The van der Waals surface area contributed by atoms with Crippen molar-refractivity contribution < 1.29 is 33.8 Å². The van der Waals surface area contributed by atoms with E-state index < -0.39 is 11.8 Å². The van der Waals surface area contributed by atoms with Crippen LogP contribution in [-0.4, -0.2) is 88.7 Å². The van der Waals surface area contributed by atoms with Crippen molar-refractivity contribution in [2.24, 2.45) is 0 Å². The molecule has 5 rings (SSSR count). The predicted molar refractivity (Wildman–Crippen MR) is 101 cm³/mol. The highest BCUT2D eigenvalue weighted by atomic mass is 16.6. The normalized spacial score (nSPS) is 29.3. The first kappa shape index (κ1) is 20.1. The quantitative estimate of drug-likeness (QED) is 0.710. The van der Waals surface area contributed by atoms with E-state index in [9.17, 15) is 14.4 Å². The Morgan fingerprint density at radius 2 is 1.97 bits per heavy atom. The van der Waals surface area contributed by atoms with Crippen LogP contribution in [0.1, 0.15) is 24.5 Å². The maximum absolute atomic E-state index is 12.8. The maximum atomic E-state index is 12.8. The first-order valence-electron chi connectivity index (χ1n) is 9.82. The molecule has 4 heterocycles. The minimum Gasteiger partial charge on any atom is -0.483 e. The van der Waals surface area contributed by atoms with Crippen molar-refractivity contribution in [3.63, 3.8) is 0 Å². The molecule has 4 saturated heterocycles. The van der Waals surface area contributed by atoms with Crippen molar-refractivity contribution in [2.75, 3.05) is 32.8 Å². The number of benzene rings is 1. The molecule has 1 spiro atoms. The SMILES string of the molecule is O=C1OCCN1CC(=O)N1CC[C@@]23O[C@H](c4ccccc4)CN2C(=O)C[C@@H]13.O=CO. The second kappa shape index (κ2) is 7.94. The molecule has 0 aromatic heterocycles. The molecule has 10 nitrogen and oxygen atoms in total. The lowest BCUT2D eigenvalue weighted by Crippen LogP contribution is -2.50. The van der Waals surface area contributed by atoms with Crippen LogP contribution in [0.5, 0.6) is 0 Å². The van der Waals surface area contributed by atoms with Crippen molar-refractivity contribution in [3.8, 4) is 0 Å². The van der Waals surface area contributed by atoms with E-state index in [0.29, 0.717) is 32.7 Å². The number of amides is 3. The Balaban J connectivity index is 0.000000687. The van der Waals surface area contributed by atoms with Gasteiger partial charge in [0.25, 0.3) is 6.47 Å². The average Bonchev–Trinajstić information content (AvgIpc) is 3.46. The second-order valence-corrected chi connectivity index (χ2v) is 7.56. The van der Waals surface area contributed by atoms with Gasteiger partial charge in [-0.05, 0) is 5.56 Å². The zero-order valence-electron chi connectivity index (χ0n) is 16.3. The van der Waals surface area contributed by atoms with Crippen LogP contribution in [0.2, 0.25) is 0 Å². The highest BCUT2D eigenvalue weighted by Gasteiger charge is 2.65. The van der Waals surface area contributed by atoms with Gasteiger partial charge in [0.15, 0.2) is 5.72 Å². The molecule has 3 amide bonds. The van der Waals surface area contributed by atoms with Crippen LogP contribution in [0.15, 0.2) is 30.3 Å². The fourth-order valence-electron chi connectivity index (χ4n) is 4.79. The summed E-state index contributed by atoms with van der Waals surface area (Å²) in [5.41, 5.74) is 0.302. The van der Waals surface area contributed by atoms with Gasteiger partial charge in [-0.3, -0.25) is 19.3 Å². The summed E-state index contributed by atoms with van der Waals surface area (Å²) in [6.07, 6.45) is 0.241. The van der Waals surface area contributed by atoms with Gasteiger partial charge in [-0.25, -0.2) is 4.79 Å². The molecule has 10 heteroatoms. The van der Waals surface area contributed by atoms with E-state index in [-0.39, 0.29) is 43.4 Å². The number of ether oxygens (including phenoxy) is 2. The van der Waals surface area contributed by atoms with Gasteiger partial charge in [0.2, 0.25) is 11.8 Å². The first-order valence-corrected chi connectivity index (χ1v) is 9.82. The van der Waals surface area contributed by atoms with E-state index in [0.717, 1.165) is 5.56 Å².